The van der Waals surface area contributed by atoms with Crippen molar-refractivity contribution in [2.75, 3.05) is 0 Å². The Kier molecular flexibility index (Phi) is 3.45. The fraction of sp³-hybridized carbons (Fsp3) is 0.385. The summed E-state index contributed by atoms with van der Waals surface area (Å²) in [6.07, 6.45) is 0.130. The van der Waals surface area contributed by atoms with Crippen molar-refractivity contribution >= 4 is 9.84 Å². The summed E-state index contributed by atoms with van der Waals surface area (Å²) in [7, 11) is -3.61. The summed E-state index contributed by atoms with van der Waals surface area (Å²) >= 11 is 0. The number of hydrogen-bond acceptors (Lipinski definition) is 4. The lowest BCUT2D eigenvalue weighted by molar-refractivity contribution is -0.527. The summed E-state index contributed by atoms with van der Waals surface area (Å²) < 4.78 is 25.1. The Morgan fingerprint density at radius 3 is 2.37 bits per heavy atom. The summed E-state index contributed by atoms with van der Waals surface area (Å²) in [5.41, 5.74) is 0.429. The number of nitrogens with zero attached hydrogens (tertiary/aromatic N) is 1. The molecule has 6 heteroatoms. The molecule has 0 aromatic heterocycles. The summed E-state index contributed by atoms with van der Waals surface area (Å²) in [6.45, 7) is 5.33. The summed E-state index contributed by atoms with van der Waals surface area (Å²) in [5, 5.41) is 10.1. The van der Waals surface area contributed by atoms with Crippen LogP contribution in [0.15, 0.2) is 47.4 Å². The fourth-order valence-corrected chi connectivity index (χ4v) is 4.78. The molecule has 1 aromatic rings. The maximum atomic E-state index is 12.5. The van der Waals surface area contributed by atoms with Crippen molar-refractivity contribution in [2.24, 2.45) is 5.92 Å². The predicted molar refractivity (Wildman–Crippen MR) is 71.1 cm³/mol. The minimum absolute atomic E-state index is 0.130. The Hall–Kier alpha value is -1.69. The van der Waals surface area contributed by atoms with Crippen LogP contribution >= 0.6 is 0 Å². The van der Waals surface area contributed by atoms with E-state index >= 15 is 0 Å². The third-order valence-electron chi connectivity index (χ3n) is 3.63. The molecule has 0 unspecified atom stereocenters. The van der Waals surface area contributed by atoms with Crippen molar-refractivity contribution in [3.63, 3.8) is 0 Å². The number of sulfone groups is 1. The summed E-state index contributed by atoms with van der Waals surface area (Å²) in [5.74, 6) is -0.562. The van der Waals surface area contributed by atoms with Gasteiger partial charge in [0.25, 0.3) is 0 Å². The molecule has 0 amide bonds. The van der Waals surface area contributed by atoms with E-state index in [2.05, 4.69) is 6.58 Å². The van der Waals surface area contributed by atoms with Crippen LogP contribution in [0.3, 0.4) is 0 Å². The van der Waals surface area contributed by atoms with Gasteiger partial charge in [0.15, 0.2) is 9.84 Å². The Balaban J connectivity index is 2.42. The van der Waals surface area contributed by atoms with Crippen molar-refractivity contribution in [2.45, 2.75) is 29.5 Å². The molecule has 0 bridgehead atoms. The molecule has 1 fully saturated rings. The lowest BCUT2D eigenvalue weighted by atomic mass is 10.1. The first-order valence-electron chi connectivity index (χ1n) is 5.96. The molecule has 1 aliphatic rings. The lowest BCUT2D eigenvalue weighted by Gasteiger charge is -2.17. The maximum Gasteiger partial charge on any atom is 0.220 e. The van der Waals surface area contributed by atoms with Crippen LogP contribution in [0.4, 0.5) is 0 Å². The van der Waals surface area contributed by atoms with Crippen LogP contribution in [-0.4, -0.2) is 24.6 Å². The minimum atomic E-state index is -3.61. The van der Waals surface area contributed by atoms with E-state index in [9.17, 15) is 18.5 Å². The third kappa shape index (κ3) is 2.28. The largest absolute Gasteiger partial charge is 0.264 e. The molecule has 5 nitrogen and oxygen atoms in total. The van der Waals surface area contributed by atoms with Gasteiger partial charge in [-0.25, -0.2) is 8.42 Å². The van der Waals surface area contributed by atoms with Crippen molar-refractivity contribution in [1.82, 2.24) is 0 Å². The van der Waals surface area contributed by atoms with E-state index in [1.54, 1.807) is 25.1 Å². The highest BCUT2D eigenvalue weighted by Crippen LogP contribution is 2.38. The molecule has 102 valence electrons. The van der Waals surface area contributed by atoms with Gasteiger partial charge in [-0.05, 0) is 12.1 Å². The topological polar surface area (TPSA) is 77.3 Å². The van der Waals surface area contributed by atoms with E-state index in [0.29, 0.717) is 5.57 Å². The van der Waals surface area contributed by atoms with Gasteiger partial charge in [0.2, 0.25) is 6.04 Å². The summed E-state index contributed by atoms with van der Waals surface area (Å²) in [6, 6.07) is 7.16. The highest BCUT2D eigenvalue weighted by molar-refractivity contribution is 7.92. The van der Waals surface area contributed by atoms with E-state index in [-0.39, 0.29) is 11.3 Å². The van der Waals surface area contributed by atoms with E-state index in [0.717, 1.165) is 0 Å². The molecular weight excluding hydrogens is 266 g/mol. The molecule has 2 rings (SSSR count). The Morgan fingerprint density at radius 2 is 1.89 bits per heavy atom. The van der Waals surface area contributed by atoms with E-state index in [1.807, 2.05) is 0 Å². The van der Waals surface area contributed by atoms with Gasteiger partial charge in [-0.3, -0.25) is 10.1 Å². The molecule has 0 heterocycles. The average molecular weight is 281 g/mol. The zero-order chi connectivity index (χ0) is 14.2. The number of benzene rings is 1. The molecule has 1 aliphatic carbocycles. The molecule has 0 N–H and O–H groups in total. The molecule has 0 aliphatic heterocycles. The van der Waals surface area contributed by atoms with Gasteiger partial charge in [0.1, 0.15) is 0 Å². The SMILES string of the molecule is C=C1C[C@H]([N+](=O)[O-])[C@@H](C)[C@@H]1S(=O)(=O)c1ccccc1. The number of rotatable bonds is 3. The van der Waals surface area contributed by atoms with Gasteiger partial charge in [-0.15, -0.1) is 0 Å². The van der Waals surface area contributed by atoms with Crippen LogP contribution in [0, 0.1) is 16.0 Å². The minimum Gasteiger partial charge on any atom is -0.264 e. The first kappa shape index (κ1) is 13.7. The van der Waals surface area contributed by atoms with Crippen LogP contribution in [0.25, 0.3) is 0 Å². The molecule has 1 aromatic carbocycles. The van der Waals surface area contributed by atoms with Gasteiger partial charge >= 0.3 is 0 Å². The van der Waals surface area contributed by atoms with Gasteiger partial charge in [0.05, 0.1) is 10.1 Å². The van der Waals surface area contributed by atoms with Gasteiger partial charge in [0, 0.05) is 17.3 Å². The molecule has 0 radical (unpaired) electrons. The second-order valence-electron chi connectivity index (χ2n) is 4.85. The maximum absolute atomic E-state index is 12.5. The van der Waals surface area contributed by atoms with Crippen LogP contribution < -0.4 is 0 Å². The highest BCUT2D eigenvalue weighted by Gasteiger charge is 2.49. The Labute approximate surface area is 112 Å². The van der Waals surface area contributed by atoms with E-state index in [1.165, 1.54) is 12.1 Å². The first-order chi connectivity index (χ1) is 8.85. The first-order valence-corrected chi connectivity index (χ1v) is 7.50. The Morgan fingerprint density at radius 1 is 1.32 bits per heavy atom. The second-order valence-corrected chi connectivity index (χ2v) is 6.92. The van der Waals surface area contributed by atoms with Gasteiger partial charge in [-0.1, -0.05) is 37.3 Å². The average Bonchev–Trinajstić information content (AvgIpc) is 2.66. The normalized spacial score (nSPS) is 27.4. The smallest absolute Gasteiger partial charge is 0.220 e. The molecule has 3 atom stereocenters. The number of hydrogen-bond donors (Lipinski definition) is 0. The fourth-order valence-electron chi connectivity index (χ4n) is 2.67. The monoisotopic (exact) mass is 281 g/mol. The van der Waals surface area contributed by atoms with Crippen LogP contribution in [0.2, 0.25) is 0 Å². The standard InChI is InChI=1S/C13H15NO4S/c1-9-8-12(14(15)16)10(2)13(9)19(17,18)11-6-4-3-5-7-11/h3-7,10,12-13H,1,8H2,2H3/t10-,12+,13-/m1/s1. The molecule has 0 saturated heterocycles. The Bertz CT molecular complexity index is 609. The highest BCUT2D eigenvalue weighted by atomic mass is 32.2. The molecule has 19 heavy (non-hydrogen) atoms. The van der Waals surface area contributed by atoms with Crippen LogP contribution in [0.1, 0.15) is 13.3 Å². The molecule has 0 spiro atoms. The van der Waals surface area contributed by atoms with Crippen molar-refractivity contribution in [3.8, 4) is 0 Å². The number of nitro groups is 1. The van der Waals surface area contributed by atoms with Crippen LogP contribution in [-0.2, 0) is 9.84 Å². The third-order valence-corrected chi connectivity index (χ3v) is 6.00. The van der Waals surface area contributed by atoms with Crippen LogP contribution in [0.5, 0.6) is 0 Å². The quantitative estimate of drug-likeness (QED) is 0.483. The predicted octanol–water partition coefficient (Wildman–Crippen LogP) is 2.07. The van der Waals surface area contributed by atoms with Gasteiger partial charge in [-0.2, -0.15) is 0 Å². The van der Waals surface area contributed by atoms with Gasteiger partial charge < -0.3 is 0 Å². The summed E-state index contributed by atoms with van der Waals surface area (Å²) in [4.78, 5) is 10.7. The van der Waals surface area contributed by atoms with Crippen molar-refractivity contribution in [1.29, 1.82) is 0 Å². The molecule has 1 saturated carbocycles. The van der Waals surface area contributed by atoms with Crippen molar-refractivity contribution in [3.05, 3.63) is 52.6 Å². The zero-order valence-corrected chi connectivity index (χ0v) is 11.3. The lowest BCUT2D eigenvalue weighted by Crippen LogP contribution is -2.32. The second kappa shape index (κ2) is 4.77. The zero-order valence-electron chi connectivity index (χ0n) is 10.5. The molecular formula is C13H15NO4S. The van der Waals surface area contributed by atoms with E-state index in [4.69, 9.17) is 0 Å². The van der Waals surface area contributed by atoms with E-state index < -0.39 is 32.0 Å². The van der Waals surface area contributed by atoms with Crippen molar-refractivity contribution < 1.29 is 13.3 Å².